The third kappa shape index (κ3) is 15.5. The summed E-state index contributed by atoms with van der Waals surface area (Å²) in [5.74, 6) is -3.23. The summed E-state index contributed by atoms with van der Waals surface area (Å²) in [7, 11) is 2.10. The number of esters is 1. The highest BCUT2D eigenvalue weighted by molar-refractivity contribution is 6.74. The minimum absolute atomic E-state index is 0.0319. The topological polar surface area (TPSA) is 260 Å². The number of rotatable bonds is 25. The van der Waals surface area contributed by atoms with E-state index >= 15 is 0 Å². The van der Waals surface area contributed by atoms with Crippen molar-refractivity contribution in [1.29, 1.82) is 0 Å². The first kappa shape index (κ1) is 63.4. The largest absolute Gasteiger partial charge is 0.497 e. The summed E-state index contributed by atoms with van der Waals surface area (Å²) < 4.78 is 71.7. The number of nitrogens with one attached hydrogen (secondary N) is 3. The van der Waals surface area contributed by atoms with Crippen LogP contribution in [0.2, 0.25) is 18.1 Å². The smallest absolute Gasteiger partial charge is 0.471 e. The molecule has 3 heterocycles. The lowest BCUT2D eigenvalue weighted by Crippen LogP contribution is -2.45. The standard InChI is InChI=1S/C60H72F3N9O11Si/c1-58(2,3)84(7,8)83-47-33-44(37-82-59(39-15-11-9-12-16-39,40-20-26-45(79-4)27-21-40)41-22-28-46(80-5)29-23-41)71(36-47)50(74)17-13-10-14-32-65-49(73)31-30-48(55(77)81-6)68-53(75)38-18-24-43(25-19-38)72(56(78)60(61,62)63)35-42-34-66-52-51(67-42)54(76)70-57(64)69-52/h9,11-12,15-16,18-29,34,44,47-48H,10,13-14,17,30-33,35-37H2,1-8H3,(H,65,73)(H,68,75)(H3,64,66,69,70,76)/t44-,47+,48-/m0/s1. The molecule has 1 fully saturated rings. The number of hydrogen-bond acceptors (Lipinski definition) is 15. The van der Waals surface area contributed by atoms with Crippen LogP contribution in [0.1, 0.15) is 98.5 Å². The van der Waals surface area contributed by atoms with Gasteiger partial charge in [-0.2, -0.15) is 18.2 Å². The summed E-state index contributed by atoms with van der Waals surface area (Å²) >= 11 is 0. The number of anilines is 2. The molecule has 1 saturated heterocycles. The van der Waals surface area contributed by atoms with E-state index in [2.05, 4.69) is 64.4 Å². The van der Waals surface area contributed by atoms with Gasteiger partial charge in [0.05, 0.1) is 58.5 Å². The molecule has 2 aromatic heterocycles. The number of hydrogen-bond donors (Lipinski definition) is 4. The van der Waals surface area contributed by atoms with Crippen molar-refractivity contribution in [3.8, 4) is 11.5 Å². The minimum atomic E-state index is -5.32. The maximum Gasteiger partial charge on any atom is 0.471 e. The second kappa shape index (κ2) is 27.4. The number of methoxy groups -OCH3 is 3. The highest BCUT2D eigenvalue weighted by Crippen LogP contribution is 2.44. The van der Waals surface area contributed by atoms with Crippen LogP contribution in [0.3, 0.4) is 0 Å². The van der Waals surface area contributed by atoms with Gasteiger partial charge in [-0.25, -0.2) is 14.8 Å². The lowest BCUT2D eigenvalue weighted by Gasteiger charge is -2.38. The van der Waals surface area contributed by atoms with Gasteiger partial charge in [0.15, 0.2) is 19.5 Å². The number of unbranched alkanes of at least 4 members (excludes halogenated alkanes) is 2. The number of carbonyl (C=O) groups excluding carboxylic acids is 5. The highest BCUT2D eigenvalue weighted by atomic mass is 28.4. The zero-order valence-electron chi connectivity index (χ0n) is 48.3. The Labute approximate surface area is 486 Å². The molecule has 0 aliphatic carbocycles. The van der Waals surface area contributed by atoms with E-state index in [1.165, 1.54) is 0 Å². The second-order valence-electron chi connectivity index (χ2n) is 21.9. The van der Waals surface area contributed by atoms with Gasteiger partial charge in [-0.3, -0.25) is 33.9 Å². The molecule has 1 aliphatic heterocycles. The van der Waals surface area contributed by atoms with Crippen molar-refractivity contribution in [2.45, 2.75) is 120 Å². The molecule has 0 spiro atoms. The Hall–Kier alpha value is -8.22. The predicted octanol–water partition coefficient (Wildman–Crippen LogP) is 8.14. The van der Waals surface area contributed by atoms with Gasteiger partial charge < -0.3 is 44.6 Å². The lowest BCUT2D eigenvalue weighted by molar-refractivity contribution is -0.170. The molecular weight excluding hydrogens is 1110 g/mol. The van der Waals surface area contributed by atoms with Gasteiger partial charge >= 0.3 is 18.1 Å². The van der Waals surface area contributed by atoms with Crippen LogP contribution in [0, 0.1) is 0 Å². The molecule has 5 N–H and O–H groups in total. The molecule has 20 nitrogen and oxygen atoms in total. The number of fused-ring (bicyclic) bond motifs is 1. The molecule has 0 unspecified atom stereocenters. The fourth-order valence-electron chi connectivity index (χ4n) is 9.69. The van der Waals surface area contributed by atoms with E-state index in [0.717, 1.165) is 54.3 Å². The van der Waals surface area contributed by atoms with Crippen LogP contribution in [0.4, 0.5) is 24.8 Å². The number of aromatic amines is 1. The number of nitrogens with zero attached hydrogens (tertiary/aromatic N) is 5. The molecular formula is C60H72F3N9O11Si. The molecule has 1 aliphatic rings. The molecule has 4 aromatic carbocycles. The fraction of sp³-hybridized carbons (Fsp3) is 0.417. The highest BCUT2D eigenvalue weighted by Gasteiger charge is 2.46. The van der Waals surface area contributed by atoms with Crippen LogP contribution in [-0.2, 0) is 45.2 Å². The number of aromatic nitrogens is 4. The van der Waals surface area contributed by atoms with Gasteiger partial charge in [-0.05, 0) is 109 Å². The Morgan fingerprint density at radius 2 is 1.44 bits per heavy atom. The summed E-state index contributed by atoms with van der Waals surface area (Å²) in [4.78, 5) is 94.9. The van der Waals surface area contributed by atoms with Gasteiger partial charge in [-0.1, -0.05) is 81.8 Å². The summed E-state index contributed by atoms with van der Waals surface area (Å²) in [5, 5.41) is 5.28. The van der Waals surface area contributed by atoms with Crippen LogP contribution in [0.25, 0.3) is 11.2 Å². The number of alkyl halides is 3. The third-order valence-corrected chi connectivity index (χ3v) is 19.7. The lowest BCUT2D eigenvalue weighted by atomic mass is 9.80. The Kier molecular flexibility index (Phi) is 20.7. The molecule has 7 rings (SSSR count). The number of carbonyl (C=O) groups is 5. The number of nitrogen functional groups attached to an aromatic ring is 1. The van der Waals surface area contributed by atoms with Crippen molar-refractivity contribution in [2.75, 3.05) is 51.7 Å². The molecule has 4 amide bonds. The number of halogens is 3. The van der Waals surface area contributed by atoms with E-state index < -0.39 is 61.9 Å². The molecule has 84 heavy (non-hydrogen) atoms. The third-order valence-electron chi connectivity index (χ3n) is 15.2. The van der Waals surface area contributed by atoms with Gasteiger partial charge in [0, 0.05) is 37.2 Å². The zero-order valence-corrected chi connectivity index (χ0v) is 49.3. The van der Waals surface area contributed by atoms with Gasteiger partial charge in [-0.15, -0.1) is 0 Å². The SMILES string of the molecule is COC(=O)[C@H](CCC(=O)NCCCCCC(=O)N1C[C@H](O[Si](C)(C)C(C)(C)C)C[C@H]1COC(c1ccccc1)(c1ccc(OC)cc1)c1ccc(OC)cc1)NC(=O)c1ccc(N(Cc2cnc3nc(N)[nH]c(=O)c3n2)C(=O)C(F)(F)F)cc1. The van der Waals surface area contributed by atoms with Crippen LogP contribution in [0.15, 0.2) is 114 Å². The predicted molar refractivity (Wildman–Crippen MR) is 310 cm³/mol. The Bertz CT molecular complexity index is 3260. The first-order valence-corrected chi connectivity index (χ1v) is 30.4. The van der Waals surface area contributed by atoms with Crippen LogP contribution >= 0.6 is 0 Å². The Morgan fingerprint density at radius 1 is 0.821 bits per heavy atom. The van der Waals surface area contributed by atoms with Crippen molar-refractivity contribution in [2.24, 2.45) is 0 Å². The average Bonchev–Trinajstić information content (AvgIpc) is 1.90. The van der Waals surface area contributed by atoms with E-state index in [4.69, 9.17) is 29.1 Å². The van der Waals surface area contributed by atoms with Crippen molar-refractivity contribution < 1.29 is 60.5 Å². The molecule has 448 valence electrons. The summed E-state index contributed by atoms with van der Waals surface area (Å²) in [6.07, 6.45) is -2.28. The first-order chi connectivity index (χ1) is 39.9. The average molecular weight is 1180 g/mol. The van der Waals surface area contributed by atoms with Gasteiger partial charge in [0.2, 0.25) is 17.8 Å². The quantitative estimate of drug-likeness (QED) is 0.0183. The Balaban J connectivity index is 0.946. The number of amides is 4. The van der Waals surface area contributed by atoms with E-state index in [1.807, 2.05) is 83.8 Å². The van der Waals surface area contributed by atoms with Crippen molar-refractivity contribution in [3.05, 3.63) is 148 Å². The molecule has 3 atom stereocenters. The number of nitrogens with two attached hydrogens (primary N) is 1. The zero-order chi connectivity index (χ0) is 61.0. The summed E-state index contributed by atoms with van der Waals surface area (Å²) in [6.45, 7) is 11.1. The van der Waals surface area contributed by atoms with Crippen molar-refractivity contribution in [1.82, 2.24) is 35.5 Å². The van der Waals surface area contributed by atoms with E-state index in [-0.39, 0.29) is 89.6 Å². The van der Waals surface area contributed by atoms with Crippen LogP contribution in [0.5, 0.6) is 11.5 Å². The van der Waals surface area contributed by atoms with Gasteiger partial charge in [0.1, 0.15) is 23.1 Å². The molecule has 0 bridgehead atoms. The number of benzene rings is 4. The van der Waals surface area contributed by atoms with Crippen LogP contribution < -0.4 is 36.3 Å². The molecule has 0 radical (unpaired) electrons. The van der Waals surface area contributed by atoms with Gasteiger partial charge in [0.25, 0.3) is 11.5 Å². The number of likely N-dealkylation sites (tertiary alicyclic amines) is 1. The maximum absolute atomic E-state index is 14.4. The molecule has 6 aromatic rings. The first-order valence-electron chi connectivity index (χ1n) is 27.5. The Morgan fingerprint density at radius 3 is 2.02 bits per heavy atom. The van der Waals surface area contributed by atoms with Crippen LogP contribution in [-0.4, -0.2) is 128 Å². The summed E-state index contributed by atoms with van der Waals surface area (Å²) in [5.41, 5.74) is 5.23. The van der Waals surface area contributed by atoms with E-state index in [0.29, 0.717) is 48.6 Å². The maximum atomic E-state index is 14.4. The normalized spacial score (nSPS) is 15.1. The van der Waals surface area contributed by atoms with E-state index in [9.17, 15) is 41.9 Å². The fourth-order valence-corrected chi connectivity index (χ4v) is 11.1. The monoisotopic (exact) mass is 1180 g/mol. The van der Waals surface area contributed by atoms with E-state index in [1.54, 1.807) is 14.2 Å². The number of ether oxygens (including phenoxy) is 4. The van der Waals surface area contributed by atoms with Crippen molar-refractivity contribution in [3.63, 3.8) is 0 Å². The van der Waals surface area contributed by atoms with Crippen molar-refractivity contribution >= 4 is 60.7 Å². The number of H-pyrrole nitrogens is 1. The minimum Gasteiger partial charge on any atom is -0.497 e. The molecule has 0 saturated carbocycles. The second-order valence-corrected chi connectivity index (χ2v) is 26.7. The molecule has 24 heteroatoms. The summed E-state index contributed by atoms with van der Waals surface area (Å²) in [6, 6.07) is 28.5.